The first-order valence-electron chi connectivity index (χ1n) is 4.95. The quantitative estimate of drug-likeness (QED) is 0.753. The number of nitrogen functional groups attached to an aromatic ring is 1. The smallest absolute Gasteiger partial charge is 0.167 e. The van der Waals surface area contributed by atoms with Gasteiger partial charge in [0.1, 0.15) is 0 Å². The van der Waals surface area contributed by atoms with Crippen molar-refractivity contribution >= 4 is 11.4 Å². The third-order valence-electron chi connectivity index (χ3n) is 2.76. The van der Waals surface area contributed by atoms with E-state index in [2.05, 4.69) is 12.2 Å². The van der Waals surface area contributed by atoms with Crippen molar-refractivity contribution in [2.45, 2.75) is 25.3 Å². The highest BCUT2D eigenvalue weighted by atomic mass is 19.1. The summed E-state index contributed by atoms with van der Waals surface area (Å²) >= 11 is 0. The van der Waals surface area contributed by atoms with E-state index in [-0.39, 0.29) is 11.3 Å². The van der Waals surface area contributed by atoms with Crippen LogP contribution >= 0.6 is 0 Å². The minimum Gasteiger partial charge on any atom is -0.494 e. The van der Waals surface area contributed by atoms with E-state index in [1.807, 2.05) is 0 Å². The van der Waals surface area contributed by atoms with Crippen molar-refractivity contribution in [3.05, 3.63) is 17.9 Å². The molecule has 82 valence electrons. The monoisotopic (exact) mass is 210 g/mol. The second-order valence-corrected chi connectivity index (χ2v) is 4.26. The Kier molecular flexibility index (Phi) is 2.21. The van der Waals surface area contributed by atoms with E-state index < -0.39 is 5.82 Å². The molecule has 0 aromatic heterocycles. The lowest BCUT2D eigenvalue weighted by Gasteiger charge is -2.16. The van der Waals surface area contributed by atoms with Gasteiger partial charge in [-0.3, -0.25) is 0 Å². The Morgan fingerprint density at radius 1 is 1.47 bits per heavy atom. The van der Waals surface area contributed by atoms with Gasteiger partial charge in [-0.05, 0) is 19.8 Å². The topological polar surface area (TPSA) is 47.3 Å². The highest BCUT2D eigenvalue weighted by Gasteiger charge is 2.37. The first-order valence-corrected chi connectivity index (χ1v) is 4.95. The van der Waals surface area contributed by atoms with Gasteiger partial charge in [-0.2, -0.15) is 0 Å². The molecule has 3 N–H and O–H groups in total. The van der Waals surface area contributed by atoms with Crippen molar-refractivity contribution in [3.8, 4) is 5.75 Å². The molecule has 2 rings (SSSR count). The molecular formula is C11H15FN2O. The van der Waals surface area contributed by atoms with Crippen LogP contribution in [0.3, 0.4) is 0 Å². The number of ether oxygens (including phenoxy) is 1. The summed E-state index contributed by atoms with van der Waals surface area (Å²) in [6.07, 6.45) is 2.23. The van der Waals surface area contributed by atoms with Crippen LogP contribution in [0.5, 0.6) is 5.75 Å². The molecule has 0 amide bonds. The highest BCUT2D eigenvalue weighted by Crippen LogP contribution is 2.40. The number of hydrogen-bond donors (Lipinski definition) is 2. The highest BCUT2D eigenvalue weighted by molar-refractivity contribution is 5.70. The molecule has 4 heteroatoms. The van der Waals surface area contributed by atoms with E-state index >= 15 is 0 Å². The molecule has 1 aromatic carbocycles. The van der Waals surface area contributed by atoms with Crippen LogP contribution in [0.4, 0.5) is 15.8 Å². The van der Waals surface area contributed by atoms with Crippen molar-refractivity contribution in [1.29, 1.82) is 0 Å². The summed E-state index contributed by atoms with van der Waals surface area (Å²) in [6, 6.07) is 2.89. The number of nitrogens with one attached hydrogen (secondary N) is 1. The Morgan fingerprint density at radius 2 is 2.13 bits per heavy atom. The van der Waals surface area contributed by atoms with Gasteiger partial charge in [0, 0.05) is 17.7 Å². The first-order chi connectivity index (χ1) is 7.04. The van der Waals surface area contributed by atoms with Crippen LogP contribution in [0.1, 0.15) is 19.8 Å². The van der Waals surface area contributed by atoms with Crippen molar-refractivity contribution in [1.82, 2.24) is 0 Å². The van der Waals surface area contributed by atoms with Gasteiger partial charge in [0.05, 0.1) is 18.5 Å². The summed E-state index contributed by atoms with van der Waals surface area (Å²) < 4.78 is 18.2. The summed E-state index contributed by atoms with van der Waals surface area (Å²) in [6.45, 7) is 2.11. The largest absolute Gasteiger partial charge is 0.494 e. The summed E-state index contributed by atoms with van der Waals surface area (Å²) in [4.78, 5) is 0. The van der Waals surface area contributed by atoms with Gasteiger partial charge in [-0.1, -0.05) is 0 Å². The van der Waals surface area contributed by atoms with Gasteiger partial charge in [0.2, 0.25) is 0 Å². The number of hydrogen-bond acceptors (Lipinski definition) is 3. The summed E-state index contributed by atoms with van der Waals surface area (Å²) in [5, 5.41) is 3.29. The minimum absolute atomic E-state index is 0.122. The number of anilines is 2. The molecule has 1 saturated carbocycles. The fraction of sp³-hybridized carbons (Fsp3) is 0.455. The first kappa shape index (κ1) is 10.1. The molecule has 1 aliphatic rings. The third kappa shape index (κ3) is 1.98. The Labute approximate surface area is 88.4 Å². The van der Waals surface area contributed by atoms with Crippen LogP contribution in [0.2, 0.25) is 0 Å². The second kappa shape index (κ2) is 3.29. The Hall–Kier alpha value is -1.45. The number of halogens is 1. The maximum atomic E-state index is 13.2. The third-order valence-corrected chi connectivity index (χ3v) is 2.76. The van der Waals surface area contributed by atoms with Gasteiger partial charge in [0.15, 0.2) is 11.6 Å². The summed E-state index contributed by atoms with van der Waals surface area (Å²) in [5.74, 6) is -0.211. The molecule has 1 aromatic rings. The molecule has 15 heavy (non-hydrogen) atoms. The van der Waals surface area contributed by atoms with E-state index in [0.29, 0.717) is 5.69 Å². The van der Waals surface area contributed by atoms with E-state index in [1.165, 1.54) is 13.2 Å². The molecule has 0 bridgehead atoms. The van der Waals surface area contributed by atoms with Crippen molar-refractivity contribution in [2.75, 3.05) is 18.2 Å². The standard InChI is InChI=1S/C11H15FN2O/c1-11(3-4-11)14-9-6-10(15-2)7(12)5-8(9)13/h5-6,14H,3-4,13H2,1-2H3. The van der Waals surface area contributed by atoms with E-state index in [0.717, 1.165) is 18.5 Å². The number of nitrogens with two attached hydrogens (primary N) is 1. The van der Waals surface area contributed by atoms with E-state index in [1.54, 1.807) is 6.07 Å². The molecule has 0 heterocycles. The van der Waals surface area contributed by atoms with E-state index in [4.69, 9.17) is 10.5 Å². The fourth-order valence-electron chi connectivity index (χ4n) is 1.47. The zero-order valence-electron chi connectivity index (χ0n) is 8.93. The molecule has 1 fully saturated rings. The second-order valence-electron chi connectivity index (χ2n) is 4.26. The summed E-state index contributed by atoms with van der Waals surface area (Å²) in [7, 11) is 1.44. The lowest BCUT2D eigenvalue weighted by molar-refractivity contribution is 0.387. The molecule has 3 nitrogen and oxygen atoms in total. The molecule has 0 spiro atoms. The number of methoxy groups -OCH3 is 1. The van der Waals surface area contributed by atoms with Crippen molar-refractivity contribution < 1.29 is 9.13 Å². The SMILES string of the molecule is COc1cc(NC2(C)CC2)c(N)cc1F. The molecular weight excluding hydrogens is 195 g/mol. The maximum Gasteiger partial charge on any atom is 0.167 e. The number of benzene rings is 1. The Bertz CT molecular complexity index is 388. The lowest BCUT2D eigenvalue weighted by atomic mass is 10.2. The van der Waals surface area contributed by atoms with E-state index in [9.17, 15) is 4.39 Å². The van der Waals surface area contributed by atoms with Crippen LogP contribution in [-0.4, -0.2) is 12.6 Å². The van der Waals surface area contributed by atoms with Crippen LogP contribution in [0, 0.1) is 5.82 Å². The van der Waals surface area contributed by atoms with Crippen LogP contribution in [0.15, 0.2) is 12.1 Å². The normalized spacial score (nSPS) is 17.3. The van der Waals surface area contributed by atoms with Gasteiger partial charge in [0.25, 0.3) is 0 Å². The molecule has 0 saturated heterocycles. The lowest BCUT2D eigenvalue weighted by Crippen LogP contribution is -2.17. The zero-order chi connectivity index (χ0) is 11.1. The predicted molar refractivity (Wildman–Crippen MR) is 58.6 cm³/mol. The minimum atomic E-state index is -0.429. The molecule has 0 radical (unpaired) electrons. The van der Waals surface area contributed by atoms with Crippen molar-refractivity contribution in [3.63, 3.8) is 0 Å². The van der Waals surface area contributed by atoms with Crippen molar-refractivity contribution in [2.24, 2.45) is 0 Å². The molecule has 0 aliphatic heterocycles. The average Bonchev–Trinajstić information content (AvgIpc) is 2.89. The van der Waals surface area contributed by atoms with Gasteiger partial charge >= 0.3 is 0 Å². The van der Waals surface area contributed by atoms with Gasteiger partial charge < -0.3 is 15.8 Å². The molecule has 0 atom stereocenters. The maximum absolute atomic E-state index is 13.2. The zero-order valence-corrected chi connectivity index (χ0v) is 8.93. The predicted octanol–water partition coefficient (Wildman–Crippen LogP) is 2.38. The molecule has 1 aliphatic carbocycles. The van der Waals surface area contributed by atoms with Crippen LogP contribution < -0.4 is 15.8 Å². The Morgan fingerprint density at radius 3 is 2.67 bits per heavy atom. The van der Waals surface area contributed by atoms with Gasteiger partial charge in [-0.25, -0.2) is 4.39 Å². The summed E-state index contributed by atoms with van der Waals surface area (Å²) in [5.41, 5.74) is 7.01. The average molecular weight is 210 g/mol. The number of rotatable bonds is 3. The van der Waals surface area contributed by atoms with Crippen LogP contribution in [0.25, 0.3) is 0 Å². The van der Waals surface area contributed by atoms with Gasteiger partial charge in [-0.15, -0.1) is 0 Å². The molecule has 0 unspecified atom stereocenters. The van der Waals surface area contributed by atoms with Crippen LogP contribution in [-0.2, 0) is 0 Å². The fourth-order valence-corrected chi connectivity index (χ4v) is 1.47. The Balaban J connectivity index is 2.29.